The predicted molar refractivity (Wildman–Crippen MR) is 52.8 cm³/mol. The summed E-state index contributed by atoms with van der Waals surface area (Å²) in [5, 5.41) is 8.45. The Labute approximate surface area is 101 Å². The lowest BCUT2D eigenvalue weighted by molar-refractivity contribution is -0.404. The Hall–Kier alpha value is -0.460. The minimum Gasteiger partial charge on any atom is -0.334 e. The van der Waals surface area contributed by atoms with E-state index in [1.54, 1.807) is 13.8 Å². The van der Waals surface area contributed by atoms with Gasteiger partial charge in [-0.25, -0.2) is 4.39 Å². The van der Waals surface area contributed by atoms with Gasteiger partial charge in [-0.15, -0.1) is 0 Å². The molecule has 1 rings (SSSR count). The lowest BCUT2D eigenvalue weighted by Crippen LogP contribution is -2.69. The van der Waals surface area contributed by atoms with Crippen LogP contribution in [0.25, 0.3) is 0 Å². The fraction of sp³-hybridized carbons (Fsp3) is 1.00. The highest BCUT2D eigenvalue weighted by Gasteiger charge is 2.81. The van der Waals surface area contributed by atoms with Gasteiger partial charge in [0.2, 0.25) is 5.67 Å². The van der Waals surface area contributed by atoms with Gasteiger partial charge in [-0.3, -0.25) is 0 Å². The number of rotatable bonds is 4. The SMILES string of the molecule is CC(C)CCC1(C(F)(F)F)CCC1(F)C(O)(F)F. The largest absolute Gasteiger partial charge is 0.397 e. The summed E-state index contributed by atoms with van der Waals surface area (Å²) in [4.78, 5) is 0. The first kappa shape index (κ1) is 15.6. The van der Waals surface area contributed by atoms with E-state index >= 15 is 0 Å². The molecule has 0 saturated heterocycles. The smallest absolute Gasteiger partial charge is 0.334 e. The van der Waals surface area contributed by atoms with Crippen LogP contribution in [-0.2, 0) is 0 Å². The highest BCUT2D eigenvalue weighted by Crippen LogP contribution is 2.67. The summed E-state index contributed by atoms with van der Waals surface area (Å²) < 4.78 is 78.4. The van der Waals surface area contributed by atoms with Crippen molar-refractivity contribution >= 4 is 0 Å². The molecule has 1 saturated carbocycles. The van der Waals surface area contributed by atoms with Crippen LogP contribution in [0.5, 0.6) is 0 Å². The second kappa shape index (κ2) is 4.28. The van der Waals surface area contributed by atoms with Gasteiger partial charge in [-0.2, -0.15) is 22.0 Å². The van der Waals surface area contributed by atoms with Crippen molar-refractivity contribution in [2.75, 3.05) is 0 Å². The highest BCUT2D eigenvalue weighted by molar-refractivity contribution is 5.15. The van der Waals surface area contributed by atoms with Gasteiger partial charge in [0.05, 0.1) is 0 Å². The van der Waals surface area contributed by atoms with Crippen molar-refractivity contribution in [1.29, 1.82) is 0 Å². The zero-order valence-corrected chi connectivity index (χ0v) is 10.1. The van der Waals surface area contributed by atoms with Crippen molar-refractivity contribution in [3.8, 4) is 0 Å². The van der Waals surface area contributed by atoms with E-state index in [0.29, 0.717) is 0 Å². The Morgan fingerprint density at radius 2 is 1.61 bits per heavy atom. The van der Waals surface area contributed by atoms with Crippen LogP contribution in [0.3, 0.4) is 0 Å². The molecule has 1 aliphatic rings. The molecule has 0 aromatic carbocycles. The third kappa shape index (κ3) is 2.10. The molecule has 0 radical (unpaired) electrons. The van der Waals surface area contributed by atoms with Gasteiger partial charge in [-0.1, -0.05) is 13.8 Å². The van der Waals surface area contributed by atoms with Crippen molar-refractivity contribution in [2.24, 2.45) is 11.3 Å². The van der Waals surface area contributed by atoms with Gasteiger partial charge in [-0.05, 0) is 31.6 Å². The average Bonchev–Trinajstić information content (AvgIpc) is 2.11. The standard InChI is InChI=1S/C11H16F6O/c1-7(2)3-4-8(10(13,14)15)5-6-9(8,12)11(16,17)18/h7,18H,3-6H2,1-2H3. The number of hydrogen-bond donors (Lipinski definition) is 1. The molecule has 2 unspecified atom stereocenters. The van der Waals surface area contributed by atoms with Crippen LogP contribution in [0.15, 0.2) is 0 Å². The fourth-order valence-corrected chi connectivity index (χ4v) is 2.45. The zero-order chi connectivity index (χ0) is 14.4. The van der Waals surface area contributed by atoms with Crippen molar-refractivity contribution < 1.29 is 31.4 Å². The first-order chi connectivity index (χ1) is 7.87. The molecule has 2 atom stereocenters. The monoisotopic (exact) mass is 278 g/mol. The number of hydrogen-bond acceptors (Lipinski definition) is 1. The van der Waals surface area contributed by atoms with E-state index in [9.17, 15) is 26.3 Å². The van der Waals surface area contributed by atoms with Gasteiger partial charge in [0, 0.05) is 0 Å². The van der Waals surface area contributed by atoms with Crippen LogP contribution in [0.1, 0.15) is 39.5 Å². The normalized spacial score (nSPS) is 33.7. The van der Waals surface area contributed by atoms with Crippen molar-refractivity contribution in [2.45, 2.75) is 57.5 Å². The summed E-state index contributed by atoms with van der Waals surface area (Å²) in [7, 11) is 0. The molecule has 0 amide bonds. The highest BCUT2D eigenvalue weighted by atomic mass is 19.4. The summed E-state index contributed by atoms with van der Waals surface area (Å²) in [6.45, 7) is 3.25. The van der Waals surface area contributed by atoms with Crippen LogP contribution in [0, 0.1) is 11.3 Å². The summed E-state index contributed by atoms with van der Waals surface area (Å²) in [5.41, 5.74) is -7.05. The molecule has 7 heteroatoms. The molecule has 0 aliphatic heterocycles. The molecule has 0 spiro atoms. The molecule has 1 N–H and O–H groups in total. The minimum absolute atomic E-state index is 0.0265. The van der Waals surface area contributed by atoms with Gasteiger partial charge < -0.3 is 5.11 Å². The summed E-state index contributed by atoms with van der Waals surface area (Å²) >= 11 is 0. The van der Waals surface area contributed by atoms with Crippen molar-refractivity contribution in [3.05, 3.63) is 0 Å². The molecule has 1 fully saturated rings. The van der Waals surface area contributed by atoms with E-state index < -0.39 is 42.6 Å². The lowest BCUT2D eigenvalue weighted by atomic mass is 9.54. The maximum Gasteiger partial charge on any atom is 0.397 e. The molecule has 1 aliphatic carbocycles. The van der Waals surface area contributed by atoms with E-state index in [2.05, 4.69) is 0 Å². The van der Waals surface area contributed by atoms with Gasteiger partial charge >= 0.3 is 12.3 Å². The molecule has 0 aromatic heterocycles. The molecule has 0 aromatic rings. The molecule has 1 nitrogen and oxygen atoms in total. The number of alkyl halides is 6. The second-order valence-corrected chi connectivity index (χ2v) is 5.35. The van der Waals surface area contributed by atoms with E-state index in [-0.39, 0.29) is 12.3 Å². The summed E-state index contributed by atoms with van der Waals surface area (Å²) in [5.74, 6) is -0.165. The Morgan fingerprint density at radius 1 is 1.11 bits per heavy atom. The minimum atomic E-state index is -5.10. The van der Waals surface area contributed by atoms with Gasteiger partial charge in [0.1, 0.15) is 5.41 Å². The first-order valence-corrected chi connectivity index (χ1v) is 5.73. The summed E-state index contributed by atoms with van der Waals surface area (Å²) in [6.07, 6.45) is -12.5. The second-order valence-electron chi connectivity index (χ2n) is 5.35. The number of aliphatic hydroxyl groups is 1. The molecular weight excluding hydrogens is 262 g/mol. The molecule has 0 bridgehead atoms. The van der Waals surface area contributed by atoms with Crippen LogP contribution in [-0.4, -0.2) is 23.1 Å². The fourth-order valence-electron chi connectivity index (χ4n) is 2.45. The van der Waals surface area contributed by atoms with E-state index in [1.807, 2.05) is 0 Å². The predicted octanol–water partition coefficient (Wildman–Crippen LogP) is 4.06. The van der Waals surface area contributed by atoms with Crippen LogP contribution >= 0.6 is 0 Å². The lowest BCUT2D eigenvalue weighted by Gasteiger charge is -2.55. The quantitative estimate of drug-likeness (QED) is 0.769. The van der Waals surface area contributed by atoms with E-state index in [0.717, 1.165) is 0 Å². The molecule has 18 heavy (non-hydrogen) atoms. The van der Waals surface area contributed by atoms with Crippen LogP contribution in [0.4, 0.5) is 26.3 Å². The van der Waals surface area contributed by atoms with Crippen LogP contribution < -0.4 is 0 Å². The van der Waals surface area contributed by atoms with Crippen LogP contribution in [0.2, 0.25) is 0 Å². The van der Waals surface area contributed by atoms with E-state index in [1.165, 1.54) is 0 Å². The Kier molecular flexibility index (Phi) is 3.71. The maximum atomic E-state index is 14.0. The first-order valence-electron chi connectivity index (χ1n) is 5.73. The Morgan fingerprint density at radius 3 is 1.83 bits per heavy atom. The van der Waals surface area contributed by atoms with Gasteiger partial charge in [0.15, 0.2) is 0 Å². The van der Waals surface area contributed by atoms with Crippen molar-refractivity contribution in [1.82, 2.24) is 0 Å². The number of halogens is 6. The van der Waals surface area contributed by atoms with Gasteiger partial charge in [0.25, 0.3) is 0 Å². The molecule has 108 valence electrons. The average molecular weight is 278 g/mol. The Bertz CT molecular complexity index is 308. The van der Waals surface area contributed by atoms with Crippen molar-refractivity contribution in [3.63, 3.8) is 0 Å². The third-order valence-corrected chi connectivity index (χ3v) is 3.82. The molecule has 0 heterocycles. The summed E-state index contributed by atoms with van der Waals surface area (Å²) in [6, 6.07) is 0. The topological polar surface area (TPSA) is 20.2 Å². The Balaban J connectivity index is 3.08. The van der Waals surface area contributed by atoms with E-state index in [4.69, 9.17) is 5.11 Å². The zero-order valence-electron chi connectivity index (χ0n) is 10.1. The maximum absolute atomic E-state index is 14.0. The third-order valence-electron chi connectivity index (χ3n) is 3.82. The molecular formula is C11H16F6O.